The van der Waals surface area contributed by atoms with E-state index in [4.69, 9.17) is 14.3 Å². The summed E-state index contributed by atoms with van der Waals surface area (Å²) in [6, 6.07) is 10.8. The molecule has 1 N–H and O–H groups in total. The van der Waals surface area contributed by atoms with Crippen LogP contribution in [0.3, 0.4) is 0 Å². The number of nitro groups is 1. The molecule has 0 saturated heterocycles. The number of nitro benzene ring substituents is 1. The molecular formula is C18H19N3O6. The minimum Gasteiger partial charge on any atom is -0.497 e. The van der Waals surface area contributed by atoms with E-state index in [1.54, 1.807) is 24.3 Å². The SMILES string of the molecule is COc1cc(NC(=O)C(C)ON=Cc2cccc([N+](=O)[O-])c2)cc(OC)c1. The first-order valence-corrected chi connectivity index (χ1v) is 7.90. The maximum Gasteiger partial charge on any atom is 0.270 e. The van der Waals surface area contributed by atoms with Crippen molar-refractivity contribution >= 4 is 23.5 Å². The quantitative estimate of drug-likeness (QED) is 0.432. The molecule has 2 aromatic rings. The maximum absolute atomic E-state index is 12.2. The van der Waals surface area contributed by atoms with Gasteiger partial charge in [-0.2, -0.15) is 0 Å². The van der Waals surface area contributed by atoms with Crippen LogP contribution in [-0.2, 0) is 9.63 Å². The number of rotatable bonds is 8. The van der Waals surface area contributed by atoms with Crippen molar-refractivity contribution in [2.75, 3.05) is 19.5 Å². The van der Waals surface area contributed by atoms with Gasteiger partial charge in [-0.15, -0.1) is 0 Å². The van der Waals surface area contributed by atoms with Crippen LogP contribution in [0.4, 0.5) is 11.4 Å². The Morgan fingerprint density at radius 3 is 2.44 bits per heavy atom. The number of benzene rings is 2. The highest BCUT2D eigenvalue weighted by Crippen LogP contribution is 2.25. The summed E-state index contributed by atoms with van der Waals surface area (Å²) < 4.78 is 10.3. The molecule has 9 nitrogen and oxygen atoms in total. The third kappa shape index (κ3) is 5.70. The normalized spacial score (nSPS) is 11.7. The number of nitrogens with zero attached hydrogens (tertiary/aromatic N) is 2. The fourth-order valence-electron chi connectivity index (χ4n) is 2.07. The van der Waals surface area contributed by atoms with Crippen LogP contribution in [-0.4, -0.2) is 37.4 Å². The minimum atomic E-state index is -0.892. The van der Waals surface area contributed by atoms with E-state index in [0.29, 0.717) is 22.7 Å². The number of ether oxygens (including phenoxy) is 2. The molecule has 1 atom stereocenters. The van der Waals surface area contributed by atoms with E-state index in [1.807, 2.05) is 0 Å². The first kappa shape index (κ1) is 19.7. The van der Waals surface area contributed by atoms with Gasteiger partial charge < -0.3 is 19.6 Å². The molecule has 0 radical (unpaired) electrons. The van der Waals surface area contributed by atoms with Crippen LogP contribution >= 0.6 is 0 Å². The van der Waals surface area contributed by atoms with Crippen LogP contribution in [0.25, 0.3) is 0 Å². The Labute approximate surface area is 155 Å². The molecule has 142 valence electrons. The predicted molar refractivity (Wildman–Crippen MR) is 99.4 cm³/mol. The van der Waals surface area contributed by atoms with Gasteiger partial charge in [0.25, 0.3) is 11.6 Å². The van der Waals surface area contributed by atoms with E-state index in [9.17, 15) is 14.9 Å². The molecule has 0 bridgehead atoms. The molecule has 2 aromatic carbocycles. The molecule has 2 rings (SSSR count). The Kier molecular flexibility index (Phi) is 6.70. The standard InChI is InChI=1S/C18H19N3O6/c1-12(27-19-11-13-5-4-6-15(7-13)21(23)24)18(22)20-14-8-16(25-2)10-17(9-14)26-3/h4-12H,1-3H3,(H,20,22). The summed E-state index contributed by atoms with van der Waals surface area (Å²) in [5.41, 5.74) is 0.903. The third-order valence-corrected chi connectivity index (χ3v) is 3.49. The summed E-state index contributed by atoms with van der Waals surface area (Å²) in [5.74, 6) is 0.630. The Bertz CT molecular complexity index is 830. The highest BCUT2D eigenvalue weighted by molar-refractivity contribution is 5.94. The van der Waals surface area contributed by atoms with Gasteiger partial charge in [-0.25, -0.2) is 0 Å². The number of non-ortho nitro benzene ring substituents is 1. The zero-order chi connectivity index (χ0) is 19.8. The third-order valence-electron chi connectivity index (χ3n) is 3.49. The van der Waals surface area contributed by atoms with E-state index in [1.165, 1.54) is 45.6 Å². The van der Waals surface area contributed by atoms with Crippen LogP contribution in [0, 0.1) is 10.1 Å². The van der Waals surface area contributed by atoms with Crippen molar-refractivity contribution in [2.45, 2.75) is 13.0 Å². The Morgan fingerprint density at radius 1 is 1.19 bits per heavy atom. The molecule has 0 spiro atoms. The topological polar surface area (TPSA) is 112 Å². The highest BCUT2D eigenvalue weighted by Gasteiger charge is 2.15. The van der Waals surface area contributed by atoms with E-state index in [0.717, 1.165) is 0 Å². The van der Waals surface area contributed by atoms with Gasteiger partial charge in [-0.05, 0) is 6.92 Å². The number of methoxy groups -OCH3 is 2. The lowest BCUT2D eigenvalue weighted by Gasteiger charge is -2.12. The molecule has 9 heteroatoms. The van der Waals surface area contributed by atoms with Crippen LogP contribution in [0.1, 0.15) is 12.5 Å². The molecule has 0 aromatic heterocycles. The molecule has 0 saturated carbocycles. The Balaban J connectivity index is 1.98. The molecule has 1 unspecified atom stereocenters. The van der Waals surface area contributed by atoms with Crippen LogP contribution in [0.15, 0.2) is 47.6 Å². The van der Waals surface area contributed by atoms with Crippen LogP contribution in [0.2, 0.25) is 0 Å². The summed E-state index contributed by atoms with van der Waals surface area (Å²) in [7, 11) is 3.02. The fourth-order valence-corrected chi connectivity index (χ4v) is 2.07. The van der Waals surface area contributed by atoms with Gasteiger partial charge in [0.1, 0.15) is 11.5 Å². The van der Waals surface area contributed by atoms with E-state index in [-0.39, 0.29) is 5.69 Å². The zero-order valence-corrected chi connectivity index (χ0v) is 15.0. The van der Waals surface area contributed by atoms with Gasteiger partial charge >= 0.3 is 0 Å². The summed E-state index contributed by atoms with van der Waals surface area (Å²) in [6.07, 6.45) is 0.405. The van der Waals surface area contributed by atoms with Crippen molar-refractivity contribution in [3.05, 3.63) is 58.1 Å². The highest BCUT2D eigenvalue weighted by atomic mass is 16.6. The number of hydrogen-bond acceptors (Lipinski definition) is 7. The zero-order valence-electron chi connectivity index (χ0n) is 15.0. The van der Waals surface area contributed by atoms with Crippen molar-refractivity contribution in [3.8, 4) is 11.5 Å². The molecule has 0 heterocycles. The van der Waals surface area contributed by atoms with Crippen molar-refractivity contribution in [1.29, 1.82) is 0 Å². The van der Waals surface area contributed by atoms with Crippen LogP contribution < -0.4 is 14.8 Å². The van der Waals surface area contributed by atoms with Crippen LogP contribution in [0.5, 0.6) is 11.5 Å². The first-order chi connectivity index (χ1) is 12.9. The van der Waals surface area contributed by atoms with Crippen molar-refractivity contribution in [2.24, 2.45) is 5.16 Å². The lowest BCUT2D eigenvalue weighted by atomic mass is 10.2. The number of oxime groups is 1. The maximum atomic E-state index is 12.2. The molecule has 0 aliphatic heterocycles. The molecule has 1 amide bonds. The smallest absolute Gasteiger partial charge is 0.270 e. The van der Waals surface area contributed by atoms with Gasteiger partial charge in [0.15, 0.2) is 0 Å². The van der Waals surface area contributed by atoms with Gasteiger partial charge in [0, 0.05) is 41.6 Å². The second kappa shape index (κ2) is 9.18. The number of carbonyl (C=O) groups is 1. The average molecular weight is 373 g/mol. The van der Waals surface area contributed by atoms with Gasteiger partial charge in [-0.3, -0.25) is 14.9 Å². The summed E-state index contributed by atoms with van der Waals surface area (Å²) >= 11 is 0. The Hall–Kier alpha value is -3.62. The molecule has 27 heavy (non-hydrogen) atoms. The average Bonchev–Trinajstić information content (AvgIpc) is 2.67. The van der Waals surface area contributed by atoms with Crippen molar-refractivity contribution in [3.63, 3.8) is 0 Å². The lowest BCUT2D eigenvalue weighted by Crippen LogP contribution is -2.26. The van der Waals surface area contributed by atoms with Gasteiger partial charge in [-0.1, -0.05) is 17.3 Å². The Morgan fingerprint density at radius 2 is 1.85 bits per heavy atom. The molecule has 0 fully saturated rings. The predicted octanol–water partition coefficient (Wildman–Crippen LogP) is 2.99. The molecule has 0 aliphatic carbocycles. The number of hydrogen-bond donors (Lipinski definition) is 1. The number of amides is 1. The minimum absolute atomic E-state index is 0.0586. The van der Waals surface area contributed by atoms with Gasteiger partial charge in [0.2, 0.25) is 6.10 Å². The molecular weight excluding hydrogens is 354 g/mol. The van der Waals surface area contributed by atoms with E-state index >= 15 is 0 Å². The summed E-state index contributed by atoms with van der Waals surface area (Å²) in [5, 5.41) is 17.1. The second-order valence-electron chi connectivity index (χ2n) is 5.42. The van der Waals surface area contributed by atoms with Crippen molar-refractivity contribution < 1.29 is 24.0 Å². The first-order valence-electron chi connectivity index (χ1n) is 7.90. The summed E-state index contributed by atoms with van der Waals surface area (Å²) in [4.78, 5) is 27.6. The second-order valence-corrected chi connectivity index (χ2v) is 5.42. The van der Waals surface area contributed by atoms with Crippen molar-refractivity contribution in [1.82, 2.24) is 0 Å². The number of anilines is 1. The lowest BCUT2D eigenvalue weighted by molar-refractivity contribution is -0.384. The van der Waals surface area contributed by atoms with E-state index < -0.39 is 16.9 Å². The van der Waals surface area contributed by atoms with E-state index in [2.05, 4.69) is 10.5 Å². The van der Waals surface area contributed by atoms with Gasteiger partial charge in [0.05, 0.1) is 25.4 Å². The number of carbonyl (C=O) groups excluding carboxylic acids is 1. The largest absolute Gasteiger partial charge is 0.497 e. The molecule has 0 aliphatic rings. The number of nitrogens with one attached hydrogen (secondary N) is 1. The fraction of sp³-hybridized carbons (Fsp3) is 0.222. The monoisotopic (exact) mass is 373 g/mol. The summed E-state index contributed by atoms with van der Waals surface area (Å²) in [6.45, 7) is 1.53.